The summed E-state index contributed by atoms with van der Waals surface area (Å²) in [4.78, 5) is 20.5. The van der Waals surface area contributed by atoms with Crippen molar-refractivity contribution in [3.05, 3.63) is 52.9 Å². The molecule has 7 heteroatoms. The van der Waals surface area contributed by atoms with Crippen molar-refractivity contribution in [3.63, 3.8) is 0 Å². The Morgan fingerprint density at radius 2 is 2.12 bits per heavy atom. The number of nitrogens with two attached hydrogens (primary N) is 1. The minimum Gasteiger partial charge on any atom is -0.368 e. The van der Waals surface area contributed by atoms with Crippen molar-refractivity contribution in [1.82, 2.24) is 4.98 Å². The van der Waals surface area contributed by atoms with Crippen molar-refractivity contribution in [2.75, 3.05) is 23.3 Å². The molecule has 0 bridgehead atoms. The first-order valence-electron chi connectivity index (χ1n) is 8.61. The largest absolute Gasteiger partial charge is 0.368 e. The summed E-state index contributed by atoms with van der Waals surface area (Å²) in [7, 11) is 0. The predicted molar refractivity (Wildman–Crippen MR) is 109 cm³/mol. The van der Waals surface area contributed by atoms with Gasteiger partial charge in [0.15, 0.2) is 0 Å². The average Bonchev–Trinajstić information content (AvgIpc) is 3.34. The molecule has 0 saturated carbocycles. The van der Waals surface area contributed by atoms with Gasteiger partial charge in [-0.15, -0.1) is 22.7 Å². The molecule has 5 nitrogen and oxygen atoms in total. The summed E-state index contributed by atoms with van der Waals surface area (Å²) in [5.41, 5.74) is 8.39. The maximum atomic E-state index is 12.7. The van der Waals surface area contributed by atoms with E-state index >= 15 is 0 Å². The Morgan fingerprint density at radius 1 is 1.23 bits per heavy atom. The van der Waals surface area contributed by atoms with Crippen LogP contribution < -0.4 is 16.0 Å². The number of hydrogen-bond donors (Lipinski definition) is 2. The van der Waals surface area contributed by atoms with Gasteiger partial charge in [0.2, 0.25) is 0 Å². The lowest BCUT2D eigenvalue weighted by Gasteiger charge is -2.33. The van der Waals surface area contributed by atoms with Gasteiger partial charge in [0, 0.05) is 24.5 Å². The second-order valence-electron chi connectivity index (χ2n) is 6.33. The van der Waals surface area contributed by atoms with Crippen molar-refractivity contribution >= 4 is 40.0 Å². The van der Waals surface area contributed by atoms with E-state index in [4.69, 9.17) is 5.73 Å². The molecule has 1 amide bonds. The third-order valence-corrected chi connectivity index (χ3v) is 6.30. The average molecular weight is 385 g/mol. The molecule has 1 saturated heterocycles. The number of thiazole rings is 1. The van der Waals surface area contributed by atoms with Crippen molar-refractivity contribution in [2.45, 2.75) is 18.9 Å². The zero-order valence-electron chi connectivity index (χ0n) is 14.2. The molecule has 0 radical (unpaired) electrons. The van der Waals surface area contributed by atoms with Gasteiger partial charge in [0.05, 0.1) is 16.3 Å². The lowest BCUT2D eigenvalue weighted by molar-refractivity contribution is 0.102. The molecule has 1 atom stereocenters. The van der Waals surface area contributed by atoms with Crippen LogP contribution in [0.3, 0.4) is 0 Å². The molecule has 26 heavy (non-hydrogen) atoms. The molecule has 1 aliphatic heterocycles. The van der Waals surface area contributed by atoms with Gasteiger partial charge < -0.3 is 16.0 Å². The number of para-hydroxylation sites is 2. The number of piperidine rings is 1. The molecule has 0 aliphatic carbocycles. The van der Waals surface area contributed by atoms with Gasteiger partial charge in [0.25, 0.3) is 5.91 Å². The highest BCUT2D eigenvalue weighted by atomic mass is 32.1. The van der Waals surface area contributed by atoms with E-state index in [1.165, 1.54) is 11.3 Å². The molecule has 1 aliphatic rings. The highest BCUT2D eigenvalue weighted by Crippen LogP contribution is 2.30. The first-order chi connectivity index (χ1) is 12.7. The Morgan fingerprint density at radius 3 is 2.92 bits per heavy atom. The molecule has 0 spiro atoms. The smallest absolute Gasteiger partial charge is 0.275 e. The monoisotopic (exact) mass is 384 g/mol. The van der Waals surface area contributed by atoms with Crippen LogP contribution in [0.2, 0.25) is 0 Å². The molecular formula is C19H20N4OS2. The van der Waals surface area contributed by atoms with E-state index < -0.39 is 0 Å². The molecule has 3 N–H and O–H groups in total. The van der Waals surface area contributed by atoms with E-state index in [9.17, 15) is 4.79 Å². The number of benzene rings is 1. The van der Waals surface area contributed by atoms with E-state index in [1.54, 1.807) is 11.3 Å². The van der Waals surface area contributed by atoms with Crippen molar-refractivity contribution in [3.8, 4) is 9.88 Å². The standard InChI is InChI=1S/C19H20N4OS2/c20-13-5-3-9-23(11-13)16-7-2-1-6-14(16)21-18(24)15-12-26-19(22-15)17-8-4-10-25-17/h1-2,4,6-8,10,12-13H,3,5,9,11,20H2,(H,21,24). The molecule has 1 fully saturated rings. The first-order valence-corrected chi connectivity index (χ1v) is 10.4. The third kappa shape index (κ3) is 3.65. The number of rotatable bonds is 4. The summed E-state index contributed by atoms with van der Waals surface area (Å²) in [5.74, 6) is -0.183. The SMILES string of the molecule is NC1CCCN(c2ccccc2NC(=O)c2csc(-c3cccs3)n2)C1. The molecule has 4 rings (SSSR count). The summed E-state index contributed by atoms with van der Waals surface area (Å²) >= 11 is 3.11. The second kappa shape index (κ2) is 7.57. The zero-order valence-corrected chi connectivity index (χ0v) is 15.9. The number of nitrogens with zero attached hydrogens (tertiary/aromatic N) is 2. The van der Waals surface area contributed by atoms with Crippen LogP contribution in [0, 0.1) is 0 Å². The van der Waals surface area contributed by atoms with Gasteiger partial charge in [-0.05, 0) is 36.4 Å². The predicted octanol–water partition coefficient (Wildman–Crippen LogP) is 4.05. The molecule has 134 valence electrons. The minimum atomic E-state index is -0.183. The van der Waals surface area contributed by atoms with Gasteiger partial charge >= 0.3 is 0 Å². The highest BCUT2D eigenvalue weighted by Gasteiger charge is 2.20. The number of nitrogens with one attached hydrogen (secondary N) is 1. The van der Waals surface area contributed by atoms with Crippen LogP contribution in [0.1, 0.15) is 23.3 Å². The Hall–Kier alpha value is -2.22. The fourth-order valence-corrected chi connectivity index (χ4v) is 4.78. The second-order valence-corrected chi connectivity index (χ2v) is 8.14. The summed E-state index contributed by atoms with van der Waals surface area (Å²) in [6.45, 7) is 1.77. The topological polar surface area (TPSA) is 71.2 Å². The normalized spacial score (nSPS) is 17.3. The van der Waals surface area contributed by atoms with E-state index in [2.05, 4.69) is 15.2 Å². The highest BCUT2D eigenvalue weighted by molar-refractivity contribution is 7.20. The molecule has 3 aromatic rings. The maximum absolute atomic E-state index is 12.7. The van der Waals surface area contributed by atoms with Crippen LogP contribution in [0.4, 0.5) is 11.4 Å². The number of carbonyl (C=O) groups excluding carboxylic acids is 1. The lowest BCUT2D eigenvalue weighted by Crippen LogP contribution is -2.43. The summed E-state index contributed by atoms with van der Waals surface area (Å²) < 4.78 is 0. The first kappa shape index (κ1) is 17.2. The van der Waals surface area contributed by atoms with E-state index in [1.807, 2.05) is 47.2 Å². The number of thiophene rings is 1. The minimum absolute atomic E-state index is 0.180. The molecule has 3 heterocycles. The number of aromatic nitrogens is 1. The number of amides is 1. The fraction of sp³-hybridized carbons (Fsp3) is 0.263. The van der Waals surface area contributed by atoms with E-state index in [0.29, 0.717) is 5.69 Å². The van der Waals surface area contributed by atoms with Gasteiger partial charge in [-0.25, -0.2) is 4.98 Å². The Balaban J connectivity index is 1.53. The lowest BCUT2D eigenvalue weighted by atomic mass is 10.1. The summed E-state index contributed by atoms with van der Waals surface area (Å²) in [6, 6.07) is 12.1. The molecule has 1 aromatic carbocycles. The van der Waals surface area contributed by atoms with Crippen molar-refractivity contribution < 1.29 is 4.79 Å². The van der Waals surface area contributed by atoms with Gasteiger partial charge in [-0.3, -0.25) is 4.79 Å². The third-order valence-electron chi connectivity index (χ3n) is 4.42. The molecule has 2 aromatic heterocycles. The van der Waals surface area contributed by atoms with Crippen LogP contribution in [0.25, 0.3) is 9.88 Å². The van der Waals surface area contributed by atoms with Gasteiger partial charge in [-0.1, -0.05) is 18.2 Å². The maximum Gasteiger partial charge on any atom is 0.275 e. The number of hydrogen-bond acceptors (Lipinski definition) is 6. The number of carbonyl (C=O) groups is 1. The summed E-state index contributed by atoms with van der Waals surface area (Å²) in [5, 5.41) is 7.72. The van der Waals surface area contributed by atoms with Crippen molar-refractivity contribution in [1.29, 1.82) is 0 Å². The van der Waals surface area contributed by atoms with Gasteiger partial charge in [0.1, 0.15) is 10.7 Å². The molecular weight excluding hydrogens is 364 g/mol. The quantitative estimate of drug-likeness (QED) is 0.712. The van der Waals surface area contributed by atoms with Crippen LogP contribution in [-0.4, -0.2) is 30.0 Å². The zero-order chi connectivity index (χ0) is 17.9. The van der Waals surface area contributed by atoms with Crippen LogP contribution in [-0.2, 0) is 0 Å². The van der Waals surface area contributed by atoms with Gasteiger partial charge in [-0.2, -0.15) is 0 Å². The fourth-order valence-electron chi connectivity index (χ4n) is 3.16. The molecule has 1 unspecified atom stereocenters. The Kier molecular flexibility index (Phi) is 5.01. The van der Waals surface area contributed by atoms with E-state index in [-0.39, 0.29) is 11.9 Å². The van der Waals surface area contributed by atoms with Crippen LogP contribution in [0.15, 0.2) is 47.2 Å². The summed E-state index contributed by atoms with van der Waals surface area (Å²) in [6.07, 6.45) is 2.12. The number of anilines is 2. The van der Waals surface area contributed by atoms with Crippen LogP contribution >= 0.6 is 22.7 Å². The van der Waals surface area contributed by atoms with Crippen LogP contribution in [0.5, 0.6) is 0 Å². The van der Waals surface area contributed by atoms with E-state index in [0.717, 1.165) is 47.2 Å². The Labute approximate surface area is 160 Å². The van der Waals surface area contributed by atoms with Crippen molar-refractivity contribution in [2.24, 2.45) is 5.73 Å². The Bertz CT molecular complexity index is 891.